The minimum Gasteiger partial charge on any atom is -0.455 e. The maximum Gasteiger partial charge on any atom is 0.231 e. The Morgan fingerprint density at radius 3 is 2.71 bits per heavy atom. The summed E-state index contributed by atoms with van der Waals surface area (Å²) >= 11 is 0. The Hall–Kier alpha value is -2.36. The van der Waals surface area contributed by atoms with Crippen LogP contribution in [0.5, 0.6) is 23.0 Å². The highest BCUT2D eigenvalue weighted by Gasteiger charge is 2.14. The van der Waals surface area contributed by atoms with E-state index in [0.717, 1.165) is 5.75 Å². The molecule has 17 heavy (non-hydrogen) atoms. The molecule has 0 amide bonds. The molecule has 0 saturated carbocycles. The van der Waals surface area contributed by atoms with E-state index in [4.69, 9.17) is 19.9 Å². The molecule has 2 N–H and O–H groups in total. The van der Waals surface area contributed by atoms with Crippen LogP contribution in [0.3, 0.4) is 0 Å². The summed E-state index contributed by atoms with van der Waals surface area (Å²) in [7, 11) is 0. The van der Waals surface area contributed by atoms with Gasteiger partial charge in [-0.1, -0.05) is 12.1 Å². The normalized spacial score (nSPS) is 12.5. The Balaban J connectivity index is 1.89. The van der Waals surface area contributed by atoms with E-state index in [-0.39, 0.29) is 6.79 Å². The fourth-order valence-corrected chi connectivity index (χ4v) is 1.64. The number of para-hydroxylation sites is 2. The number of hydrogen-bond acceptors (Lipinski definition) is 4. The van der Waals surface area contributed by atoms with Crippen molar-refractivity contribution in [3.05, 3.63) is 42.5 Å². The van der Waals surface area contributed by atoms with Crippen LogP contribution in [0.25, 0.3) is 0 Å². The van der Waals surface area contributed by atoms with Crippen LogP contribution in [0.4, 0.5) is 5.69 Å². The molecule has 86 valence electrons. The average molecular weight is 229 g/mol. The highest BCUT2D eigenvalue weighted by molar-refractivity contribution is 5.55. The fourth-order valence-electron chi connectivity index (χ4n) is 1.64. The third-order valence-corrected chi connectivity index (χ3v) is 2.49. The lowest BCUT2D eigenvalue weighted by Gasteiger charge is -2.08. The van der Waals surface area contributed by atoms with Gasteiger partial charge in [0.2, 0.25) is 6.79 Å². The van der Waals surface area contributed by atoms with Crippen LogP contribution in [0, 0.1) is 0 Å². The second-order valence-electron chi connectivity index (χ2n) is 3.65. The number of fused-ring (bicyclic) bond motifs is 1. The van der Waals surface area contributed by atoms with Gasteiger partial charge in [-0.25, -0.2) is 0 Å². The zero-order valence-electron chi connectivity index (χ0n) is 9.05. The van der Waals surface area contributed by atoms with Crippen molar-refractivity contribution in [2.75, 3.05) is 12.5 Å². The molecule has 4 nitrogen and oxygen atoms in total. The lowest BCUT2D eigenvalue weighted by atomic mass is 10.3. The second-order valence-corrected chi connectivity index (χ2v) is 3.65. The van der Waals surface area contributed by atoms with Crippen LogP contribution in [0.2, 0.25) is 0 Å². The summed E-state index contributed by atoms with van der Waals surface area (Å²) in [6.45, 7) is 0.256. The van der Waals surface area contributed by atoms with Gasteiger partial charge in [0.15, 0.2) is 11.5 Å². The SMILES string of the molecule is Nc1ccccc1Oc1ccc2c(c1)OCO2. The van der Waals surface area contributed by atoms with Gasteiger partial charge in [-0.3, -0.25) is 0 Å². The van der Waals surface area contributed by atoms with Crippen molar-refractivity contribution in [1.82, 2.24) is 0 Å². The largest absolute Gasteiger partial charge is 0.455 e. The first-order chi connectivity index (χ1) is 8.33. The molecule has 0 bridgehead atoms. The fraction of sp³-hybridized carbons (Fsp3) is 0.0769. The van der Waals surface area contributed by atoms with Crippen LogP contribution in [0.1, 0.15) is 0 Å². The van der Waals surface area contributed by atoms with Gasteiger partial charge in [-0.15, -0.1) is 0 Å². The summed E-state index contributed by atoms with van der Waals surface area (Å²) in [5, 5.41) is 0. The van der Waals surface area contributed by atoms with Crippen molar-refractivity contribution in [1.29, 1.82) is 0 Å². The molecule has 3 rings (SSSR count). The van der Waals surface area contributed by atoms with E-state index in [9.17, 15) is 0 Å². The third kappa shape index (κ3) is 1.85. The smallest absolute Gasteiger partial charge is 0.231 e. The van der Waals surface area contributed by atoms with E-state index >= 15 is 0 Å². The molecule has 2 aromatic rings. The Kier molecular flexibility index (Phi) is 2.26. The summed E-state index contributed by atoms with van der Waals surface area (Å²) in [5.41, 5.74) is 6.40. The van der Waals surface area contributed by atoms with Crippen molar-refractivity contribution in [2.24, 2.45) is 0 Å². The zero-order valence-corrected chi connectivity index (χ0v) is 9.05. The molecule has 0 atom stereocenters. The van der Waals surface area contributed by atoms with Crippen LogP contribution in [-0.4, -0.2) is 6.79 Å². The Labute approximate surface area is 98.5 Å². The van der Waals surface area contributed by atoms with Gasteiger partial charge in [0.25, 0.3) is 0 Å². The molecule has 4 heteroatoms. The molecule has 2 aromatic carbocycles. The standard InChI is InChI=1S/C13H11NO3/c14-10-3-1-2-4-11(10)17-9-5-6-12-13(7-9)16-8-15-12/h1-7H,8,14H2. The summed E-state index contributed by atoms with van der Waals surface area (Å²) < 4.78 is 16.2. The molecule has 0 unspecified atom stereocenters. The van der Waals surface area contributed by atoms with Gasteiger partial charge in [0.05, 0.1) is 5.69 Å². The lowest BCUT2D eigenvalue weighted by Crippen LogP contribution is -1.93. The number of benzene rings is 2. The predicted octanol–water partition coefficient (Wildman–Crippen LogP) is 2.79. The molecule has 0 radical (unpaired) electrons. The van der Waals surface area contributed by atoms with Gasteiger partial charge in [-0.2, -0.15) is 0 Å². The first-order valence-electron chi connectivity index (χ1n) is 5.25. The topological polar surface area (TPSA) is 53.7 Å². The number of nitrogens with two attached hydrogens (primary N) is 1. The zero-order chi connectivity index (χ0) is 11.7. The maximum absolute atomic E-state index is 5.80. The van der Waals surface area contributed by atoms with Gasteiger partial charge in [-0.05, 0) is 24.3 Å². The van der Waals surface area contributed by atoms with E-state index in [1.807, 2.05) is 30.3 Å². The number of rotatable bonds is 2. The highest BCUT2D eigenvalue weighted by atomic mass is 16.7. The third-order valence-electron chi connectivity index (χ3n) is 2.49. The van der Waals surface area contributed by atoms with E-state index in [0.29, 0.717) is 22.9 Å². The van der Waals surface area contributed by atoms with E-state index in [1.54, 1.807) is 12.1 Å². The minimum atomic E-state index is 0.256. The van der Waals surface area contributed by atoms with Crippen LogP contribution >= 0.6 is 0 Å². The van der Waals surface area contributed by atoms with Gasteiger partial charge in [0.1, 0.15) is 11.5 Å². The van der Waals surface area contributed by atoms with Crippen LogP contribution in [-0.2, 0) is 0 Å². The summed E-state index contributed by atoms with van der Waals surface area (Å²) in [4.78, 5) is 0. The van der Waals surface area contributed by atoms with Crippen LogP contribution in [0.15, 0.2) is 42.5 Å². The lowest BCUT2D eigenvalue weighted by molar-refractivity contribution is 0.174. The number of anilines is 1. The molecule has 0 fully saturated rings. The molecular formula is C13H11NO3. The van der Waals surface area contributed by atoms with Crippen molar-refractivity contribution in [3.8, 4) is 23.0 Å². The van der Waals surface area contributed by atoms with Crippen molar-refractivity contribution in [3.63, 3.8) is 0 Å². The first kappa shape index (κ1) is 9.84. The average Bonchev–Trinajstić information content (AvgIpc) is 2.79. The Morgan fingerprint density at radius 1 is 1.00 bits per heavy atom. The first-order valence-corrected chi connectivity index (χ1v) is 5.25. The summed E-state index contributed by atoms with van der Waals surface area (Å²) in [5.74, 6) is 2.73. The molecular weight excluding hydrogens is 218 g/mol. The highest BCUT2D eigenvalue weighted by Crippen LogP contribution is 2.37. The number of nitrogen functional groups attached to an aromatic ring is 1. The number of hydrogen-bond donors (Lipinski definition) is 1. The predicted molar refractivity (Wildman–Crippen MR) is 63.5 cm³/mol. The Bertz CT molecular complexity index is 554. The molecule has 0 saturated heterocycles. The molecule has 1 heterocycles. The molecule has 1 aliphatic heterocycles. The van der Waals surface area contributed by atoms with E-state index in [2.05, 4.69) is 0 Å². The van der Waals surface area contributed by atoms with Crippen molar-refractivity contribution >= 4 is 5.69 Å². The summed E-state index contributed by atoms with van der Waals surface area (Å²) in [6, 6.07) is 12.8. The monoisotopic (exact) mass is 229 g/mol. The Morgan fingerprint density at radius 2 is 1.82 bits per heavy atom. The van der Waals surface area contributed by atoms with E-state index < -0.39 is 0 Å². The van der Waals surface area contributed by atoms with Crippen molar-refractivity contribution in [2.45, 2.75) is 0 Å². The van der Waals surface area contributed by atoms with Crippen molar-refractivity contribution < 1.29 is 14.2 Å². The van der Waals surface area contributed by atoms with Crippen LogP contribution < -0.4 is 19.9 Å². The quantitative estimate of drug-likeness (QED) is 0.804. The van der Waals surface area contributed by atoms with E-state index in [1.165, 1.54) is 0 Å². The molecule has 0 aliphatic carbocycles. The number of ether oxygens (including phenoxy) is 3. The molecule has 0 aromatic heterocycles. The van der Waals surface area contributed by atoms with Gasteiger partial charge in [0, 0.05) is 6.07 Å². The van der Waals surface area contributed by atoms with Gasteiger partial charge >= 0.3 is 0 Å². The molecule has 1 aliphatic rings. The maximum atomic E-state index is 5.80. The van der Waals surface area contributed by atoms with Gasteiger partial charge < -0.3 is 19.9 Å². The second kappa shape index (κ2) is 3.90. The summed E-state index contributed by atoms with van der Waals surface area (Å²) in [6.07, 6.45) is 0. The minimum absolute atomic E-state index is 0.256. The molecule has 0 spiro atoms.